The molecule has 25 heavy (non-hydrogen) atoms. The van der Waals surface area contributed by atoms with Crippen molar-refractivity contribution in [3.63, 3.8) is 0 Å². The van der Waals surface area contributed by atoms with Gasteiger partial charge in [0.1, 0.15) is 0 Å². The highest BCUT2D eigenvalue weighted by Gasteiger charge is 2.23. The van der Waals surface area contributed by atoms with E-state index in [1.54, 1.807) is 0 Å². The van der Waals surface area contributed by atoms with Gasteiger partial charge in [0, 0.05) is 13.5 Å². The van der Waals surface area contributed by atoms with Gasteiger partial charge in [-0.1, -0.05) is 78.4 Å². The summed E-state index contributed by atoms with van der Waals surface area (Å²) in [5.41, 5.74) is 2.82. The first-order valence-electron chi connectivity index (χ1n) is 8.12. The van der Waals surface area contributed by atoms with Crippen molar-refractivity contribution in [3.05, 3.63) is 90.5 Å². The summed E-state index contributed by atoms with van der Waals surface area (Å²) in [7, 11) is -0.862. The molecule has 0 aliphatic rings. The van der Waals surface area contributed by atoms with Gasteiger partial charge in [0.05, 0.1) is 0 Å². The predicted octanol–water partition coefficient (Wildman–Crippen LogP) is 3.80. The van der Waals surface area contributed by atoms with Crippen LogP contribution in [0.4, 0.5) is 0 Å². The van der Waals surface area contributed by atoms with Crippen LogP contribution in [0.2, 0.25) is 0 Å². The first-order chi connectivity index (χ1) is 12.3. The maximum atomic E-state index is 6.09. The third-order valence-electron chi connectivity index (χ3n) is 3.93. The van der Waals surface area contributed by atoms with E-state index in [4.69, 9.17) is 4.42 Å². The third kappa shape index (κ3) is 3.38. The molecule has 1 aromatic heterocycles. The lowest BCUT2D eigenvalue weighted by molar-refractivity contribution is 0.606. The van der Waals surface area contributed by atoms with Gasteiger partial charge in [-0.2, -0.15) is 0 Å². The van der Waals surface area contributed by atoms with Crippen molar-refractivity contribution >= 4 is 24.2 Å². The fourth-order valence-electron chi connectivity index (χ4n) is 2.64. The van der Waals surface area contributed by atoms with Crippen LogP contribution < -0.4 is 16.2 Å². The second kappa shape index (κ2) is 7.00. The van der Waals surface area contributed by atoms with E-state index in [9.17, 15) is 0 Å². The molecule has 0 atom stereocenters. The summed E-state index contributed by atoms with van der Waals surface area (Å²) >= 11 is 0. The second-order valence-electron chi connectivity index (χ2n) is 5.76. The molecule has 0 unspecified atom stereocenters. The standard InChI is InChI=1S/C21H17N2OP/c1-16-12-14-17(15-13-16)20-22-23-21(24-20)25(18-8-4-2-5-9-18)19-10-6-3-7-11-19/h2-15H,1H3. The van der Waals surface area contributed by atoms with Gasteiger partial charge >= 0.3 is 0 Å². The highest BCUT2D eigenvalue weighted by atomic mass is 31.1. The molecule has 1 heterocycles. The molecule has 0 radical (unpaired) electrons. The number of hydrogen-bond donors (Lipinski definition) is 0. The van der Waals surface area contributed by atoms with Crippen molar-refractivity contribution in [2.75, 3.05) is 0 Å². The molecule has 0 aliphatic heterocycles. The topological polar surface area (TPSA) is 38.9 Å². The Morgan fingerprint density at radius 3 is 1.80 bits per heavy atom. The van der Waals surface area contributed by atoms with Crippen LogP contribution in [0.5, 0.6) is 0 Å². The molecule has 0 fully saturated rings. The van der Waals surface area contributed by atoms with E-state index < -0.39 is 7.92 Å². The molecule has 0 aliphatic carbocycles. The van der Waals surface area contributed by atoms with Gasteiger partial charge in [-0.3, -0.25) is 0 Å². The maximum absolute atomic E-state index is 6.09. The van der Waals surface area contributed by atoms with Gasteiger partial charge in [0.2, 0.25) is 11.5 Å². The lowest BCUT2D eigenvalue weighted by Crippen LogP contribution is -2.21. The number of benzene rings is 3. The fourth-order valence-corrected chi connectivity index (χ4v) is 4.64. The molecular weight excluding hydrogens is 327 g/mol. The number of aryl methyl sites for hydroxylation is 1. The molecule has 4 rings (SSSR count). The summed E-state index contributed by atoms with van der Waals surface area (Å²) in [5, 5.41) is 11.1. The van der Waals surface area contributed by atoms with E-state index in [1.807, 2.05) is 48.5 Å². The lowest BCUT2D eigenvalue weighted by atomic mass is 10.1. The van der Waals surface area contributed by atoms with Gasteiger partial charge in [-0.05, 0) is 29.7 Å². The Balaban J connectivity index is 1.77. The molecule has 0 amide bonds. The zero-order valence-electron chi connectivity index (χ0n) is 13.8. The van der Waals surface area contributed by atoms with Crippen molar-refractivity contribution < 1.29 is 4.42 Å². The first-order valence-corrected chi connectivity index (χ1v) is 9.46. The van der Waals surface area contributed by atoms with E-state index in [0.717, 1.165) is 5.56 Å². The molecule has 4 heteroatoms. The molecule has 0 saturated carbocycles. The first kappa shape index (κ1) is 15.7. The molecular formula is C21H17N2OP. The Hall–Kier alpha value is -2.77. The summed E-state index contributed by atoms with van der Waals surface area (Å²) in [5.74, 6) is 0.564. The molecule has 3 aromatic carbocycles. The van der Waals surface area contributed by atoms with Crippen molar-refractivity contribution in [3.8, 4) is 11.5 Å². The van der Waals surface area contributed by atoms with Crippen LogP contribution in [0.25, 0.3) is 11.5 Å². The van der Waals surface area contributed by atoms with Crippen LogP contribution in [0.15, 0.2) is 89.3 Å². The van der Waals surface area contributed by atoms with Gasteiger partial charge in [0.15, 0.2) is 0 Å². The monoisotopic (exact) mass is 344 g/mol. The summed E-state index contributed by atoms with van der Waals surface area (Å²) in [6.45, 7) is 2.06. The Labute approximate surface area is 148 Å². The van der Waals surface area contributed by atoms with Gasteiger partial charge < -0.3 is 4.42 Å². The highest BCUT2D eigenvalue weighted by molar-refractivity contribution is 7.79. The SMILES string of the molecule is Cc1ccc(-c2nnc(P(c3ccccc3)c3ccccc3)o2)cc1. The predicted molar refractivity (Wildman–Crippen MR) is 103 cm³/mol. The average molecular weight is 344 g/mol. The maximum Gasteiger partial charge on any atom is 0.248 e. The van der Waals surface area contributed by atoms with Crippen molar-refractivity contribution in [2.45, 2.75) is 6.92 Å². The quantitative estimate of drug-likeness (QED) is 0.529. The van der Waals surface area contributed by atoms with Crippen molar-refractivity contribution in [1.82, 2.24) is 10.2 Å². The van der Waals surface area contributed by atoms with E-state index in [2.05, 4.69) is 53.5 Å². The van der Waals surface area contributed by atoms with Crippen LogP contribution in [-0.4, -0.2) is 10.2 Å². The zero-order valence-corrected chi connectivity index (χ0v) is 14.7. The summed E-state index contributed by atoms with van der Waals surface area (Å²) < 4.78 is 6.09. The van der Waals surface area contributed by atoms with Crippen LogP contribution in [0.3, 0.4) is 0 Å². The van der Waals surface area contributed by atoms with Gasteiger partial charge in [0.25, 0.3) is 0 Å². The minimum atomic E-state index is -0.862. The van der Waals surface area contributed by atoms with Gasteiger partial charge in [-0.15, -0.1) is 10.2 Å². The van der Waals surface area contributed by atoms with Gasteiger partial charge in [-0.25, -0.2) is 0 Å². The molecule has 4 aromatic rings. The minimum Gasteiger partial charge on any atom is -0.416 e. The molecule has 0 saturated heterocycles. The third-order valence-corrected chi connectivity index (χ3v) is 6.13. The van der Waals surface area contributed by atoms with Crippen LogP contribution in [-0.2, 0) is 0 Å². The fraction of sp³-hybridized carbons (Fsp3) is 0.0476. The van der Waals surface area contributed by atoms with Crippen molar-refractivity contribution in [1.29, 1.82) is 0 Å². The van der Waals surface area contributed by atoms with E-state index in [-0.39, 0.29) is 0 Å². The number of aromatic nitrogens is 2. The van der Waals surface area contributed by atoms with E-state index >= 15 is 0 Å². The van der Waals surface area contributed by atoms with E-state index in [1.165, 1.54) is 16.2 Å². The Kier molecular flexibility index (Phi) is 4.41. The molecule has 0 bridgehead atoms. The highest BCUT2D eigenvalue weighted by Crippen LogP contribution is 2.32. The molecule has 122 valence electrons. The Bertz CT molecular complexity index is 911. The average Bonchev–Trinajstić information content (AvgIpc) is 3.14. The second-order valence-corrected chi connectivity index (χ2v) is 7.85. The largest absolute Gasteiger partial charge is 0.416 e. The van der Waals surface area contributed by atoms with Crippen LogP contribution >= 0.6 is 7.92 Å². The summed E-state index contributed by atoms with van der Waals surface area (Å²) in [6.07, 6.45) is 0. The number of hydrogen-bond acceptors (Lipinski definition) is 3. The van der Waals surface area contributed by atoms with Crippen LogP contribution in [0.1, 0.15) is 5.56 Å². The summed E-state index contributed by atoms with van der Waals surface area (Å²) in [4.78, 5) is 0. The molecule has 3 nitrogen and oxygen atoms in total. The van der Waals surface area contributed by atoms with Crippen LogP contribution in [0, 0.1) is 6.92 Å². The smallest absolute Gasteiger partial charge is 0.248 e. The molecule has 0 N–H and O–H groups in total. The van der Waals surface area contributed by atoms with Crippen molar-refractivity contribution in [2.24, 2.45) is 0 Å². The normalized spacial score (nSPS) is 11.0. The number of nitrogens with zero attached hydrogens (tertiary/aromatic N) is 2. The Morgan fingerprint density at radius 1 is 0.680 bits per heavy atom. The Morgan fingerprint density at radius 2 is 1.24 bits per heavy atom. The molecule has 0 spiro atoms. The lowest BCUT2D eigenvalue weighted by Gasteiger charge is -2.13. The van der Waals surface area contributed by atoms with E-state index in [0.29, 0.717) is 11.5 Å². The minimum absolute atomic E-state index is 0.564. The summed E-state index contributed by atoms with van der Waals surface area (Å²) in [6, 6.07) is 28.8. The number of rotatable bonds is 4. The zero-order chi connectivity index (χ0) is 17.1.